The van der Waals surface area contributed by atoms with Crippen molar-refractivity contribution in [2.24, 2.45) is 0 Å². The number of rotatable bonds is 8. The average molecular weight is 359 g/mol. The molecular formula is C19H21NO4S. The summed E-state index contributed by atoms with van der Waals surface area (Å²) in [5.74, 6) is -0.253. The number of benzene rings is 2. The Balaban J connectivity index is 1.82. The molecule has 0 aliphatic carbocycles. The van der Waals surface area contributed by atoms with Crippen molar-refractivity contribution in [1.82, 2.24) is 0 Å². The number of carbonyl (C=O) groups excluding carboxylic acids is 2. The minimum atomic E-state index is -0.429. The van der Waals surface area contributed by atoms with E-state index in [0.29, 0.717) is 18.0 Å². The van der Waals surface area contributed by atoms with Crippen LogP contribution in [0.3, 0.4) is 0 Å². The molecule has 0 fully saturated rings. The lowest BCUT2D eigenvalue weighted by molar-refractivity contribution is -0.146. The molecule has 6 heteroatoms. The molecule has 2 aromatic carbocycles. The van der Waals surface area contributed by atoms with Crippen LogP contribution in [0.15, 0.2) is 59.5 Å². The molecule has 0 aliphatic rings. The van der Waals surface area contributed by atoms with Gasteiger partial charge in [0.2, 0.25) is 0 Å². The number of hydrogen-bond donors (Lipinski definition) is 1. The number of hydrogen-bond acceptors (Lipinski definition) is 5. The number of anilines is 1. The van der Waals surface area contributed by atoms with Crippen molar-refractivity contribution in [3.05, 3.63) is 54.6 Å². The summed E-state index contributed by atoms with van der Waals surface area (Å²) in [6, 6.07) is 16.7. The van der Waals surface area contributed by atoms with Gasteiger partial charge in [0.25, 0.3) is 5.91 Å². The van der Waals surface area contributed by atoms with Gasteiger partial charge in [-0.1, -0.05) is 30.3 Å². The van der Waals surface area contributed by atoms with Crippen LogP contribution in [-0.4, -0.2) is 30.3 Å². The molecule has 5 nitrogen and oxygen atoms in total. The number of thioether (sulfide) groups is 1. The van der Waals surface area contributed by atoms with Gasteiger partial charge in [0.05, 0.1) is 12.3 Å². The fraction of sp³-hybridized carbons (Fsp3) is 0.263. The standard InChI is InChI=1S/C19H21NO4S/c1-3-23-17-12-8-7-11-16(17)20-18(21)13-24-19(22)14(2)25-15-9-5-4-6-10-15/h4-12,14H,3,13H2,1-2H3,(H,20,21)/t14-/m1/s1. The maximum atomic E-state index is 12.0. The molecule has 0 aliphatic heterocycles. The van der Waals surface area contributed by atoms with E-state index in [9.17, 15) is 9.59 Å². The smallest absolute Gasteiger partial charge is 0.319 e. The monoisotopic (exact) mass is 359 g/mol. The lowest BCUT2D eigenvalue weighted by Gasteiger charge is -2.13. The largest absolute Gasteiger partial charge is 0.492 e. The van der Waals surface area contributed by atoms with Gasteiger partial charge in [-0.25, -0.2) is 0 Å². The van der Waals surface area contributed by atoms with Crippen molar-refractivity contribution < 1.29 is 19.1 Å². The van der Waals surface area contributed by atoms with Gasteiger partial charge in [0, 0.05) is 4.90 Å². The Labute approximate surface area is 151 Å². The molecule has 0 bridgehead atoms. The number of ether oxygens (including phenoxy) is 2. The SMILES string of the molecule is CCOc1ccccc1NC(=O)COC(=O)[C@@H](C)Sc1ccccc1. The van der Waals surface area contributed by atoms with Crippen LogP contribution in [0.1, 0.15) is 13.8 Å². The topological polar surface area (TPSA) is 64.6 Å². The molecule has 25 heavy (non-hydrogen) atoms. The van der Waals surface area contributed by atoms with Crippen LogP contribution >= 0.6 is 11.8 Å². The van der Waals surface area contributed by atoms with E-state index in [0.717, 1.165) is 4.90 Å². The summed E-state index contributed by atoms with van der Waals surface area (Å²) < 4.78 is 10.5. The summed E-state index contributed by atoms with van der Waals surface area (Å²) >= 11 is 1.39. The molecule has 1 N–H and O–H groups in total. The van der Waals surface area contributed by atoms with Gasteiger partial charge in [-0.3, -0.25) is 9.59 Å². The maximum absolute atomic E-state index is 12.0. The third-order valence-electron chi connectivity index (χ3n) is 3.19. The van der Waals surface area contributed by atoms with Crippen molar-refractivity contribution in [1.29, 1.82) is 0 Å². The van der Waals surface area contributed by atoms with E-state index < -0.39 is 17.1 Å². The number of nitrogens with one attached hydrogen (secondary N) is 1. The molecule has 0 spiro atoms. The zero-order valence-electron chi connectivity index (χ0n) is 14.2. The Bertz CT molecular complexity index is 706. The minimum Gasteiger partial charge on any atom is -0.492 e. The first kappa shape index (κ1) is 18.9. The van der Waals surface area contributed by atoms with Crippen LogP contribution in [0.2, 0.25) is 0 Å². The van der Waals surface area contributed by atoms with E-state index in [1.807, 2.05) is 43.3 Å². The summed E-state index contributed by atoms with van der Waals surface area (Å²) in [6.07, 6.45) is 0. The van der Waals surface area contributed by atoms with Gasteiger partial charge in [-0.05, 0) is 38.1 Å². The Morgan fingerprint density at radius 1 is 1.08 bits per heavy atom. The molecule has 0 saturated heterocycles. The Kier molecular flexibility index (Phi) is 7.35. The molecule has 0 aromatic heterocycles. The molecule has 0 radical (unpaired) electrons. The lowest BCUT2D eigenvalue weighted by Crippen LogP contribution is -2.25. The van der Waals surface area contributed by atoms with E-state index in [1.165, 1.54) is 11.8 Å². The third-order valence-corrected chi connectivity index (χ3v) is 4.28. The van der Waals surface area contributed by atoms with Crippen molar-refractivity contribution in [3.8, 4) is 5.75 Å². The van der Waals surface area contributed by atoms with Gasteiger partial charge >= 0.3 is 5.97 Å². The Hall–Kier alpha value is -2.47. The normalized spacial score (nSPS) is 11.4. The van der Waals surface area contributed by atoms with E-state index in [4.69, 9.17) is 9.47 Å². The lowest BCUT2D eigenvalue weighted by atomic mass is 10.3. The van der Waals surface area contributed by atoms with Crippen molar-refractivity contribution in [2.75, 3.05) is 18.5 Å². The van der Waals surface area contributed by atoms with Crippen LogP contribution in [0.5, 0.6) is 5.75 Å². The van der Waals surface area contributed by atoms with Crippen LogP contribution < -0.4 is 10.1 Å². The van der Waals surface area contributed by atoms with E-state index >= 15 is 0 Å². The number of para-hydroxylation sites is 2. The summed E-state index contributed by atoms with van der Waals surface area (Å²) in [5, 5.41) is 2.29. The molecule has 0 heterocycles. The first-order chi connectivity index (χ1) is 12.1. The summed E-state index contributed by atoms with van der Waals surface area (Å²) in [7, 11) is 0. The van der Waals surface area contributed by atoms with Crippen LogP contribution in [0, 0.1) is 0 Å². The average Bonchev–Trinajstić information content (AvgIpc) is 2.62. The molecule has 1 atom stereocenters. The highest BCUT2D eigenvalue weighted by Gasteiger charge is 2.17. The second-order valence-electron chi connectivity index (χ2n) is 5.16. The summed E-state index contributed by atoms with van der Waals surface area (Å²) in [5.41, 5.74) is 0.553. The molecular weight excluding hydrogens is 338 g/mol. The van der Waals surface area contributed by atoms with Gasteiger partial charge in [0.1, 0.15) is 11.0 Å². The molecule has 132 valence electrons. The fourth-order valence-electron chi connectivity index (χ4n) is 2.04. The summed E-state index contributed by atoms with van der Waals surface area (Å²) in [4.78, 5) is 25.0. The molecule has 0 saturated carbocycles. The predicted octanol–water partition coefficient (Wildman–Crippen LogP) is 3.75. The molecule has 0 unspecified atom stereocenters. The zero-order valence-corrected chi connectivity index (χ0v) is 15.0. The van der Waals surface area contributed by atoms with Gasteiger partial charge in [0.15, 0.2) is 6.61 Å². The van der Waals surface area contributed by atoms with E-state index in [-0.39, 0.29) is 6.61 Å². The Morgan fingerprint density at radius 3 is 2.48 bits per heavy atom. The highest BCUT2D eigenvalue weighted by atomic mass is 32.2. The van der Waals surface area contributed by atoms with E-state index in [2.05, 4.69) is 5.32 Å². The summed E-state index contributed by atoms with van der Waals surface area (Å²) in [6.45, 7) is 3.78. The quantitative estimate of drug-likeness (QED) is 0.574. The highest BCUT2D eigenvalue weighted by molar-refractivity contribution is 8.00. The Morgan fingerprint density at radius 2 is 1.76 bits per heavy atom. The van der Waals surface area contributed by atoms with Crippen LogP contribution in [0.4, 0.5) is 5.69 Å². The molecule has 1 amide bonds. The van der Waals surface area contributed by atoms with Gasteiger partial charge in [-0.2, -0.15) is 0 Å². The number of esters is 1. The first-order valence-electron chi connectivity index (χ1n) is 8.00. The van der Waals surface area contributed by atoms with E-state index in [1.54, 1.807) is 25.1 Å². The molecule has 2 aromatic rings. The third kappa shape index (κ3) is 6.15. The first-order valence-corrected chi connectivity index (χ1v) is 8.88. The number of carbonyl (C=O) groups is 2. The van der Waals surface area contributed by atoms with Crippen LogP contribution in [0.25, 0.3) is 0 Å². The highest BCUT2D eigenvalue weighted by Crippen LogP contribution is 2.24. The zero-order chi connectivity index (χ0) is 18.1. The van der Waals surface area contributed by atoms with Crippen molar-refractivity contribution in [2.45, 2.75) is 24.0 Å². The number of amides is 1. The van der Waals surface area contributed by atoms with Crippen molar-refractivity contribution >= 4 is 29.3 Å². The van der Waals surface area contributed by atoms with Crippen LogP contribution in [-0.2, 0) is 14.3 Å². The second-order valence-corrected chi connectivity index (χ2v) is 6.57. The fourth-order valence-corrected chi connectivity index (χ4v) is 2.93. The minimum absolute atomic E-state index is 0.334. The van der Waals surface area contributed by atoms with Crippen molar-refractivity contribution in [3.63, 3.8) is 0 Å². The molecule has 2 rings (SSSR count). The predicted molar refractivity (Wildman–Crippen MR) is 99.0 cm³/mol. The second kappa shape index (κ2) is 9.74. The maximum Gasteiger partial charge on any atom is 0.319 e. The van der Waals surface area contributed by atoms with Gasteiger partial charge in [-0.15, -0.1) is 11.8 Å². The van der Waals surface area contributed by atoms with Gasteiger partial charge < -0.3 is 14.8 Å².